The van der Waals surface area contributed by atoms with Crippen LogP contribution in [0.25, 0.3) is 0 Å². The molecule has 2 N–H and O–H groups in total. The number of anilines is 1. The fourth-order valence-electron chi connectivity index (χ4n) is 3.45. The van der Waals surface area contributed by atoms with E-state index in [0.717, 1.165) is 18.7 Å². The highest BCUT2D eigenvalue weighted by molar-refractivity contribution is 5.97. The standard InChI is InChI=1S/C20H25N3O/c1-16-13-18-9-5-6-10-19(18)23(16)20(24)15-22(12-11-21)14-17-7-3-2-4-8-17/h2-10,16H,11-15,21H2,1H3. The molecule has 1 amide bonds. The lowest BCUT2D eigenvalue weighted by Gasteiger charge is -2.27. The van der Waals surface area contributed by atoms with E-state index in [-0.39, 0.29) is 11.9 Å². The summed E-state index contributed by atoms with van der Waals surface area (Å²) in [6.45, 7) is 4.51. The van der Waals surface area contributed by atoms with Crippen LogP contribution < -0.4 is 10.6 Å². The fourth-order valence-corrected chi connectivity index (χ4v) is 3.45. The predicted molar refractivity (Wildman–Crippen MR) is 97.9 cm³/mol. The number of benzene rings is 2. The summed E-state index contributed by atoms with van der Waals surface area (Å²) in [5.74, 6) is 0.150. The summed E-state index contributed by atoms with van der Waals surface area (Å²) < 4.78 is 0. The van der Waals surface area contributed by atoms with Gasteiger partial charge in [0.05, 0.1) is 6.54 Å². The maximum atomic E-state index is 12.9. The summed E-state index contributed by atoms with van der Waals surface area (Å²) in [5, 5.41) is 0. The Hall–Kier alpha value is -2.17. The van der Waals surface area contributed by atoms with Gasteiger partial charge >= 0.3 is 0 Å². The number of para-hydroxylation sites is 1. The van der Waals surface area contributed by atoms with Crippen LogP contribution in [0.2, 0.25) is 0 Å². The molecule has 2 aromatic carbocycles. The largest absolute Gasteiger partial charge is 0.329 e. The molecule has 4 heteroatoms. The quantitative estimate of drug-likeness (QED) is 0.888. The molecule has 0 aliphatic carbocycles. The molecule has 4 nitrogen and oxygen atoms in total. The molecule has 0 saturated carbocycles. The van der Waals surface area contributed by atoms with E-state index < -0.39 is 0 Å². The van der Waals surface area contributed by atoms with Crippen molar-refractivity contribution < 1.29 is 4.79 Å². The minimum atomic E-state index is 0.150. The second-order valence-electron chi connectivity index (χ2n) is 6.43. The first-order valence-electron chi connectivity index (χ1n) is 8.55. The van der Waals surface area contributed by atoms with Gasteiger partial charge in [0.2, 0.25) is 5.91 Å². The zero-order chi connectivity index (χ0) is 16.9. The molecule has 1 heterocycles. The minimum absolute atomic E-state index is 0.150. The average Bonchev–Trinajstić information content (AvgIpc) is 2.91. The van der Waals surface area contributed by atoms with Gasteiger partial charge in [0.15, 0.2) is 0 Å². The lowest BCUT2D eigenvalue weighted by molar-refractivity contribution is -0.120. The molecular weight excluding hydrogens is 298 g/mol. The smallest absolute Gasteiger partial charge is 0.241 e. The van der Waals surface area contributed by atoms with Gasteiger partial charge in [-0.25, -0.2) is 0 Å². The average molecular weight is 323 g/mol. The Morgan fingerprint density at radius 2 is 1.88 bits per heavy atom. The predicted octanol–water partition coefficient (Wildman–Crippen LogP) is 2.43. The molecule has 0 spiro atoms. The SMILES string of the molecule is CC1Cc2ccccc2N1C(=O)CN(CCN)Cc1ccccc1. The van der Waals surface area contributed by atoms with Gasteiger partial charge in [-0.3, -0.25) is 9.69 Å². The molecule has 1 aliphatic rings. The van der Waals surface area contributed by atoms with E-state index in [9.17, 15) is 4.79 Å². The van der Waals surface area contributed by atoms with Crippen molar-refractivity contribution in [1.82, 2.24) is 4.90 Å². The van der Waals surface area contributed by atoms with Crippen molar-refractivity contribution in [2.75, 3.05) is 24.5 Å². The van der Waals surface area contributed by atoms with Gasteiger partial charge in [-0.15, -0.1) is 0 Å². The van der Waals surface area contributed by atoms with E-state index in [1.54, 1.807) is 0 Å². The van der Waals surface area contributed by atoms with Gasteiger partial charge < -0.3 is 10.6 Å². The number of hydrogen-bond donors (Lipinski definition) is 1. The van der Waals surface area contributed by atoms with Gasteiger partial charge in [0.25, 0.3) is 0 Å². The normalized spacial score (nSPS) is 16.5. The Morgan fingerprint density at radius 1 is 1.17 bits per heavy atom. The molecule has 126 valence electrons. The van der Waals surface area contributed by atoms with E-state index in [4.69, 9.17) is 5.73 Å². The van der Waals surface area contributed by atoms with E-state index in [0.29, 0.717) is 19.6 Å². The maximum Gasteiger partial charge on any atom is 0.241 e. The number of carbonyl (C=O) groups is 1. The molecule has 1 atom stereocenters. The van der Waals surface area contributed by atoms with Crippen molar-refractivity contribution >= 4 is 11.6 Å². The summed E-state index contributed by atoms with van der Waals surface area (Å²) in [4.78, 5) is 17.0. The van der Waals surface area contributed by atoms with E-state index >= 15 is 0 Å². The van der Waals surface area contributed by atoms with Crippen molar-refractivity contribution in [2.45, 2.75) is 25.9 Å². The minimum Gasteiger partial charge on any atom is -0.329 e. The van der Waals surface area contributed by atoms with Crippen LogP contribution in [0.5, 0.6) is 0 Å². The van der Waals surface area contributed by atoms with E-state index in [1.807, 2.05) is 41.3 Å². The molecule has 2 aromatic rings. The Morgan fingerprint density at radius 3 is 2.62 bits per heavy atom. The summed E-state index contributed by atoms with van der Waals surface area (Å²) in [7, 11) is 0. The number of nitrogens with two attached hydrogens (primary N) is 1. The molecule has 24 heavy (non-hydrogen) atoms. The Bertz CT molecular complexity index is 686. The van der Waals surface area contributed by atoms with Crippen molar-refractivity contribution in [3.8, 4) is 0 Å². The first kappa shape index (κ1) is 16.7. The molecule has 3 rings (SSSR count). The number of fused-ring (bicyclic) bond motifs is 1. The number of rotatable bonds is 6. The Labute approximate surface area is 143 Å². The van der Waals surface area contributed by atoms with Crippen molar-refractivity contribution in [3.63, 3.8) is 0 Å². The fraction of sp³-hybridized carbons (Fsp3) is 0.350. The van der Waals surface area contributed by atoms with Gasteiger partial charge in [-0.05, 0) is 30.5 Å². The van der Waals surface area contributed by atoms with E-state index in [2.05, 4.69) is 30.0 Å². The molecule has 0 radical (unpaired) electrons. The van der Waals surface area contributed by atoms with Crippen LogP contribution in [0.3, 0.4) is 0 Å². The summed E-state index contributed by atoms with van der Waals surface area (Å²) in [6.07, 6.45) is 0.928. The molecular formula is C20H25N3O. The second-order valence-corrected chi connectivity index (χ2v) is 6.43. The van der Waals surface area contributed by atoms with Crippen LogP contribution in [0, 0.1) is 0 Å². The van der Waals surface area contributed by atoms with Crippen LogP contribution >= 0.6 is 0 Å². The summed E-state index contributed by atoms with van der Waals surface area (Å²) in [6, 6.07) is 18.6. The Kier molecular flexibility index (Phi) is 5.28. The van der Waals surface area contributed by atoms with Crippen molar-refractivity contribution in [3.05, 3.63) is 65.7 Å². The van der Waals surface area contributed by atoms with Crippen LogP contribution in [0.15, 0.2) is 54.6 Å². The first-order valence-corrected chi connectivity index (χ1v) is 8.55. The lowest BCUT2D eigenvalue weighted by atomic mass is 10.1. The molecule has 0 fully saturated rings. The lowest BCUT2D eigenvalue weighted by Crippen LogP contribution is -2.44. The highest BCUT2D eigenvalue weighted by atomic mass is 16.2. The summed E-state index contributed by atoms with van der Waals surface area (Å²) in [5.41, 5.74) is 9.27. The number of nitrogens with zero attached hydrogens (tertiary/aromatic N) is 2. The number of carbonyl (C=O) groups excluding carboxylic acids is 1. The summed E-state index contributed by atoms with van der Waals surface area (Å²) >= 11 is 0. The van der Waals surface area contributed by atoms with Gasteiger partial charge in [0.1, 0.15) is 0 Å². The third-order valence-electron chi connectivity index (χ3n) is 4.53. The molecule has 0 saturated heterocycles. The highest BCUT2D eigenvalue weighted by Gasteiger charge is 2.31. The first-order chi connectivity index (χ1) is 11.7. The van der Waals surface area contributed by atoms with E-state index in [1.165, 1.54) is 11.1 Å². The van der Waals surface area contributed by atoms with Gasteiger partial charge in [-0.1, -0.05) is 48.5 Å². The third kappa shape index (κ3) is 3.66. The zero-order valence-corrected chi connectivity index (χ0v) is 14.2. The topological polar surface area (TPSA) is 49.6 Å². The Balaban J connectivity index is 1.72. The zero-order valence-electron chi connectivity index (χ0n) is 14.2. The van der Waals surface area contributed by atoms with Gasteiger partial charge in [-0.2, -0.15) is 0 Å². The van der Waals surface area contributed by atoms with Crippen LogP contribution in [-0.4, -0.2) is 36.5 Å². The maximum absolute atomic E-state index is 12.9. The van der Waals surface area contributed by atoms with Crippen molar-refractivity contribution in [1.29, 1.82) is 0 Å². The van der Waals surface area contributed by atoms with Gasteiger partial charge in [0, 0.05) is 31.4 Å². The number of hydrogen-bond acceptors (Lipinski definition) is 3. The number of amides is 1. The van der Waals surface area contributed by atoms with Crippen LogP contribution in [0.1, 0.15) is 18.1 Å². The van der Waals surface area contributed by atoms with Crippen LogP contribution in [-0.2, 0) is 17.8 Å². The van der Waals surface area contributed by atoms with Crippen molar-refractivity contribution in [2.24, 2.45) is 5.73 Å². The molecule has 1 unspecified atom stereocenters. The molecule has 1 aliphatic heterocycles. The second kappa shape index (κ2) is 7.60. The monoisotopic (exact) mass is 323 g/mol. The van der Waals surface area contributed by atoms with Crippen LogP contribution in [0.4, 0.5) is 5.69 Å². The molecule has 0 bridgehead atoms. The highest BCUT2D eigenvalue weighted by Crippen LogP contribution is 2.31. The molecule has 0 aromatic heterocycles. The third-order valence-corrected chi connectivity index (χ3v) is 4.53.